The molecule has 4 nitrogen and oxygen atoms in total. The number of nitrogens with zero attached hydrogens (tertiary/aromatic N) is 1. The summed E-state index contributed by atoms with van der Waals surface area (Å²) in [6, 6.07) is 14.1. The van der Waals surface area contributed by atoms with E-state index in [9.17, 15) is 4.79 Å². The van der Waals surface area contributed by atoms with Crippen LogP contribution < -0.4 is 10.2 Å². The van der Waals surface area contributed by atoms with Gasteiger partial charge in [-0.1, -0.05) is 47.5 Å². The van der Waals surface area contributed by atoms with Gasteiger partial charge in [-0.25, -0.2) is 5.43 Å². The molecule has 0 saturated heterocycles. The van der Waals surface area contributed by atoms with Crippen molar-refractivity contribution in [3.05, 3.63) is 64.1 Å². The number of para-hydroxylation sites is 1. The van der Waals surface area contributed by atoms with E-state index >= 15 is 0 Å². The lowest BCUT2D eigenvalue weighted by molar-refractivity contribution is -0.123. The van der Waals surface area contributed by atoms with Gasteiger partial charge in [0.25, 0.3) is 5.91 Å². The minimum absolute atomic E-state index is 0.166. The van der Waals surface area contributed by atoms with Gasteiger partial charge in [-0.3, -0.25) is 4.79 Å². The van der Waals surface area contributed by atoms with E-state index < -0.39 is 0 Å². The van der Waals surface area contributed by atoms with E-state index in [0.29, 0.717) is 21.5 Å². The predicted molar refractivity (Wildman–Crippen MR) is 88.8 cm³/mol. The van der Waals surface area contributed by atoms with Crippen LogP contribution in [0, 0.1) is 0 Å². The molecule has 22 heavy (non-hydrogen) atoms. The summed E-state index contributed by atoms with van der Waals surface area (Å²) in [5.74, 6) is 0.0888. The highest BCUT2D eigenvalue weighted by molar-refractivity contribution is 6.32. The molecule has 1 N–H and O–H groups in total. The van der Waals surface area contributed by atoms with Gasteiger partial charge in [0.2, 0.25) is 0 Å². The van der Waals surface area contributed by atoms with Crippen LogP contribution in [0.25, 0.3) is 0 Å². The van der Waals surface area contributed by atoms with Crippen molar-refractivity contribution in [2.45, 2.75) is 6.92 Å². The molecule has 0 aliphatic rings. The smallest absolute Gasteiger partial charge is 0.277 e. The first-order valence-corrected chi connectivity index (χ1v) is 7.28. The number of carbonyl (C=O) groups excluding carboxylic acids is 1. The number of hydrogen-bond acceptors (Lipinski definition) is 3. The number of hydrogen-bond donors (Lipinski definition) is 1. The summed E-state index contributed by atoms with van der Waals surface area (Å²) in [5, 5.41) is 5.12. The summed E-state index contributed by atoms with van der Waals surface area (Å²) in [6.07, 6.45) is 0. The molecule has 2 aromatic rings. The van der Waals surface area contributed by atoms with Gasteiger partial charge in [0.05, 0.1) is 10.7 Å². The Morgan fingerprint density at radius 1 is 1.14 bits per heavy atom. The van der Waals surface area contributed by atoms with E-state index in [2.05, 4.69) is 10.5 Å². The Balaban J connectivity index is 1.88. The fraction of sp³-hybridized carbons (Fsp3) is 0.125. The summed E-state index contributed by atoms with van der Waals surface area (Å²) in [5.41, 5.74) is 3.97. The molecule has 6 heteroatoms. The van der Waals surface area contributed by atoms with E-state index in [0.717, 1.165) is 5.56 Å². The molecule has 2 rings (SSSR count). The molecular weight excluding hydrogens is 323 g/mol. The minimum Gasteiger partial charge on any atom is -0.482 e. The summed E-state index contributed by atoms with van der Waals surface area (Å²) >= 11 is 11.8. The quantitative estimate of drug-likeness (QED) is 0.664. The molecule has 0 aliphatic carbocycles. The van der Waals surface area contributed by atoms with Crippen LogP contribution in [-0.2, 0) is 4.79 Å². The Bertz CT molecular complexity index is 685. The van der Waals surface area contributed by atoms with Crippen LogP contribution in [0.4, 0.5) is 0 Å². The molecule has 1 amide bonds. The summed E-state index contributed by atoms with van der Waals surface area (Å²) in [7, 11) is 0. The van der Waals surface area contributed by atoms with Gasteiger partial charge >= 0.3 is 0 Å². The van der Waals surface area contributed by atoms with Crippen LogP contribution in [0.1, 0.15) is 12.5 Å². The molecule has 2 aromatic carbocycles. The second kappa shape index (κ2) is 7.82. The Hall–Kier alpha value is -2.04. The van der Waals surface area contributed by atoms with Gasteiger partial charge < -0.3 is 4.74 Å². The number of rotatable bonds is 5. The molecular formula is C16H14Cl2N2O2. The molecule has 0 radical (unpaired) electrons. The van der Waals surface area contributed by atoms with Crippen molar-refractivity contribution in [3.8, 4) is 5.75 Å². The van der Waals surface area contributed by atoms with Crippen LogP contribution in [0.3, 0.4) is 0 Å². The average Bonchev–Trinajstić information content (AvgIpc) is 2.52. The third-order valence-corrected chi connectivity index (χ3v) is 3.37. The van der Waals surface area contributed by atoms with E-state index in [1.165, 1.54) is 0 Å². The number of halogens is 2. The van der Waals surface area contributed by atoms with Crippen molar-refractivity contribution < 1.29 is 9.53 Å². The van der Waals surface area contributed by atoms with E-state index in [4.69, 9.17) is 27.9 Å². The monoisotopic (exact) mass is 336 g/mol. The largest absolute Gasteiger partial charge is 0.482 e. The molecule has 0 atom stereocenters. The number of benzene rings is 2. The SMILES string of the molecule is C/C(=N/NC(=O)COc1ccccc1Cl)c1ccc(Cl)cc1. The number of amides is 1. The second-order valence-electron chi connectivity index (χ2n) is 4.46. The topological polar surface area (TPSA) is 50.7 Å². The molecule has 0 bridgehead atoms. The fourth-order valence-electron chi connectivity index (χ4n) is 1.64. The zero-order chi connectivity index (χ0) is 15.9. The van der Waals surface area contributed by atoms with Crippen molar-refractivity contribution in [1.29, 1.82) is 0 Å². The standard InChI is InChI=1S/C16H14Cl2N2O2/c1-11(12-6-8-13(17)9-7-12)19-20-16(21)10-22-15-5-3-2-4-14(15)18/h2-9H,10H2,1H3,(H,20,21)/b19-11-. The van der Waals surface area contributed by atoms with E-state index in [1.807, 2.05) is 12.1 Å². The third kappa shape index (κ3) is 4.76. The van der Waals surface area contributed by atoms with Crippen molar-refractivity contribution in [2.75, 3.05) is 6.61 Å². The third-order valence-electron chi connectivity index (χ3n) is 2.81. The number of ether oxygens (including phenoxy) is 1. The fourth-order valence-corrected chi connectivity index (χ4v) is 1.96. The van der Waals surface area contributed by atoms with Crippen LogP contribution in [0.15, 0.2) is 53.6 Å². The van der Waals surface area contributed by atoms with E-state index in [-0.39, 0.29) is 12.5 Å². The highest BCUT2D eigenvalue weighted by Crippen LogP contribution is 2.22. The van der Waals surface area contributed by atoms with Gasteiger partial charge in [-0.2, -0.15) is 5.10 Å². The lowest BCUT2D eigenvalue weighted by atomic mass is 10.1. The maximum atomic E-state index is 11.7. The lowest BCUT2D eigenvalue weighted by Crippen LogP contribution is -2.25. The molecule has 0 heterocycles. The molecule has 0 aliphatic heterocycles. The Kier molecular flexibility index (Phi) is 5.81. The van der Waals surface area contributed by atoms with Crippen molar-refractivity contribution in [3.63, 3.8) is 0 Å². The van der Waals surface area contributed by atoms with Crippen molar-refractivity contribution in [2.24, 2.45) is 5.10 Å². The van der Waals surface area contributed by atoms with Crippen LogP contribution in [0.2, 0.25) is 10.0 Å². The molecule has 0 spiro atoms. The number of carbonyl (C=O) groups is 1. The maximum Gasteiger partial charge on any atom is 0.277 e. The highest BCUT2D eigenvalue weighted by atomic mass is 35.5. The van der Waals surface area contributed by atoms with Crippen LogP contribution in [-0.4, -0.2) is 18.2 Å². The van der Waals surface area contributed by atoms with Crippen LogP contribution in [0.5, 0.6) is 5.75 Å². The minimum atomic E-state index is -0.367. The maximum absolute atomic E-state index is 11.7. The summed E-state index contributed by atoms with van der Waals surface area (Å²) < 4.78 is 5.32. The Labute approximate surface area is 138 Å². The van der Waals surface area contributed by atoms with Gasteiger partial charge in [0.1, 0.15) is 5.75 Å². The van der Waals surface area contributed by atoms with Crippen molar-refractivity contribution >= 4 is 34.8 Å². The van der Waals surface area contributed by atoms with Gasteiger partial charge in [0.15, 0.2) is 6.61 Å². The first kappa shape index (κ1) is 16.3. The van der Waals surface area contributed by atoms with E-state index in [1.54, 1.807) is 43.3 Å². The molecule has 0 fully saturated rings. The first-order valence-electron chi connectivity index (χ1n) is 6.52. The normalized spacial score (nSPS) is 11.1. The van der Waals surface area contributed by atoms with Crippen molar-refractivity contribution in [1.82, 2.24) is 5.43 Å². The highest BCUT2D eigenvalue weighted by Gasteiger charge is 2.05. The van der Waals surface area contributed by atoms with Gasteiger partial charge in [-0.05, 0) is 36.8 Å². The summed E-state index contributed by atoms with van der Waals surface area (Å²) in [6.45, 7) is 1.62. The Morgan fingerprint density at radius 2 is 1.82 bits per heavy atom. The van der Waals surface area contributed by atoms with Gasteiger partial charge in [0, 0.05) is 5.02 Å². The zero-order valence-corrected chi connectivity index (χ0v) is 13.4. The predicted octanol–water partition coefficient (Wildman–Crippen LogP) is 3.91. The molecule has 0 saturated carbocycles. The molecule has 0 unspecified atom stereocenters. The zero-order valence-electron chi connectivity index (χ0n) is 11.8. The van der Waals surface area contributed by atoms with Crippen LogP contribution >= 0.6 is 23.2 Å². The Morgan fingerprint density at radius 3 is 2.50 bits per heavy atom. The molecule has 114 valence electrons. The average molecular weight is 337 g/mol. The second-order valence-corrected chi connectivity index (χ2v) is 5.30. The van der Waals surface area contributed by atoms with Gasteiger partial charge in [-0.15, -0.1) is 0 Å². The first-order chi connectivity index (χ1) is 10.6. The number of nitrogens with one attached hydrogen (secondary N) is 1. The summed E-state index contributed by atoms with van der Waals surface area (Å²) in [4.78, 5) is 11.7. The number of hydrazone groups is 1. The lowest BCUT2D eigenvalue weighted by Gasteiger charge is -2.07. The molecule has 0 aromatic heterocycles.